The molecule has 1 atom stereocenters. The van der Waals surface area contributed by atoms with E-state index in [4.69, 9.17) is 10.8 Å². The number of aliphatic carboxylic acids is 1. The maximum absolute atomic E-state index is 13.2. The Morgan fingerprint density at radius 2 is 2.19 bits per heavy atom. The van der Waals surface area contributed by atoms with Crippen LogP contribution in [0.15, 0.2) is 23.1 Å². The largest absolute Gasteiger partial charge is 0.480 e. The molecule has 0 bridgehead atoms. The quantitative estimate of drug-likeness (QED) is 0.797. The average molecular weight is 247 g/mol. The Labute approximate surface area is 95.6 Å². The summed E-state index contributed by atoms with van der Waals surface area (Å²) in [5, 5.41) is 8.74. The van der Waals surface area contributed by atoms with Crippen molar-refractivity contribution in [3.05, 3.63) is 29.8 Å². The highest BCUT2D eigenvalue weighted by molar-refractivity contribution is 7.99. The highest BCUT2D eigenvalue weighted by Gasteiger charge is 2.28. The summed E-state index contributed by atoms with van der Waals surface area (Å²) in [4.78, 5) is 10.9. The van der Waals surface area contributed by atoms with Gasteiger partial charge in [-0.2, -0.15) is 0 Å². The third-order valence-corrected chi connectivity index (χ3v) is 3.30. The fourth-order valence-corrected chi connectivity index (χ4v) is 1.82. The fourth-order valence-electron chi connectivity index (χ4n) is 0.882. The lowest BCUT2D eigenvalue weighted by atomic mass is 10.1. The van der Waals surface area contributed by atoms with Crippen LogP contribution < -0.4 is 5.73 Å². The molecule has 0 fully saturated rings. The first-order valence-corrected chi connectivity index (χ1v) is 5.41. The zero-order valence-electron chi connectivity index (χ0n) is 8.54. The van der Waals surface area contributed by atoms with Crippen LogP contribution in [0.5, 0.6) is 0 Å². The van der Waals surface area contributed by atoms with Gasteiger partial charge in [0.25, 0.3) is 0 Å². The first-order chi connectivity index (χ1) is 7.33. The number of halogens is 2. The van der Waals surface area contributed by atoms with Crippen LogP contribution in [0.3, 0.4) is 0 Å². The second-order valence-electron chi connectivity index (χ2n) is 3.59. The summed E-state index contributed by atoms with van der Waals surface area (Å²) in [6.45, 7) is 1.34. The van der Waals surface area contributed by atoms with Gasteiger partial charge in [0, 0.05) is 16.7 Å². The van der Waals surface area contributed by atoms with E-state index >= 15 is 0 Å². The predicted octanol–water partition coefficient (Wildman–Crippen LogP) is 1.86. The number of hydrogen-bond donors (Lipinski definition) is 2. The number of hydrogen-bond acceptors (Lipinski definition) is 3. The van der Waals surface area contributed by atoms with Crippen LogP contribution >= 0.6 is 11.8 Å². The monoisotopic (exact) mass is 247 g/mol. The molecule has 6 heteroatoms. The third kappa shape index (κ3) is 3.18. The number of thioether (sulfide) groups is 1. The van der Waals surface area contributed by atoms with Gasteiger partial charge in [0.2, 0.25) is 0 Å². The Hall–Kier alpha value is -1.14. The molecule has 0 radical (unpaired) electrons. The van der Waals surface area contributed by atoms with E-state index in [1.54, 1.807) is 0 Å². The number of carbonyl (C=O) groups is 1. The molecular formula is C10H11F2NO2S. The van der Waals surface area contributed by atoms with Crippen molar-refractivity contribution in [1.82, 2.24) is 0 Å². The molecule has 0 aliphatic heterocycles. The minimum absolute atomic E-state index is 0.00485. The van der Waals surface area contributed by atoms with Crippen molar-refractivity contribution in [3.63, 3.8) is 0 Å². The highest BCUT2D eigenvalue weighted by atomic mass is 32.2. The van der Waals surface area contributed by atoms with E-state index in [0.717, 1.165) is 23.9 Å². The van der Waals surface area contributed by atoms with Crippen molar-refractivity contribution in [3.8, 4) is 0 Å². The lowest BCUT2D eigenvalue weighted by Crippen LogP contribution is -2.47. The van der Waals surface area contributed by atoms with Crippen molar-refractivity contribution in [2.45, 2.75) is 17.4 Å². The van der Waals surface area contributed by atoms with Gasteiger partial charge in [0.05, 0.1) is 0 Å². The molecule has 3 nitrogen and oxygen atoms in total. The molecule has 1 aromatic rings. The van der Waals surface area contributed by atoms with Crippen molar-refractivity contribution in [2.75, 3.05) is 5.75 Å². The number of benzene rings is 1. The smallest absolute Gasteiger partial charge is 0.324 e. The third-order valence-electron chi connectivity index (χ3n) is 1.91. The van der Waals surface area contributed by atoms with E-state index in [2.05, 4.69) is 0 Å². The number of carboxylic acids is 1. The molecule has 3 N–H and O–H groups in total. The summed E-state index contributed by atoms with van der Waals surface area (Å²) in [7, 11) is 0. The van der Waals surface area contributed by atoms with Crippen molar-refractivity contribution in [1.29, 1.82) is 0 Å². The van der Waals surface area contributed by atoms with E-state index in [1.807, 2.05) is 0 Å². The van der Waals surface area contributed by atoms with Crippen LogP contribution in [0.1, 0.15) is 6.92 Å². The summed E-state index contributed by atoms with van der Waals surface area (Å²) in [6, 6.07) is 3.12. The summed E-state index contributed by atoms with van der Waals surface area (Å²) in [5.74, 6) is -2.55. The Bertz CT molecular complexity index is 410. The van der Waals surface area contributed by atoms with Crippen molar-refractivity contribution < 1.29 is 18.7 Å². The molecule has 0 saturated carbocycles. The normalized spacial score (nSPS) is 14.5. The number of rotatable bonds is 4. The molecule has 1 rings (SSSR count). The SMILES string of the molecule is CC(N)(CSc1ccc(F)cc1F)C(=O)O. The van der Waals surface area contributed by atoms with Crippen molar-refractivity contribution in [2.24, 2.45) is 5.73 Å². The van der Waals surface area contributed by atoms with Gasteiger partial charge in [-0.3, -0.25) is 4.79 Å². The molecule has 1 aromatic carbocycles. The lowest BCUT2D eigenvalue weighted by Gasteiger charge is -2.18. The van der Waals surface area contributed by atoms with E-state index < -0.39 is 23.1 Å². The number of nitrogens with two attached hydrogens (primary N) is 1. The minimum atomic E-state index is -1.44. The maximum atomic E-state index is 13.2. The molecule has 0 aliphatic rings. The first kappa shape index (κ1) is 12.9. The highest BCUT2D eigenvalue weighted by Crippen LogP contribution is 2.25. The van der Waals surface area contributed by atoms with Gasteiger partial charge in [-0.25, -0.2) is 8.78 Å². The lowest BCUT2D eigenvalue weighted by molar-refractivity contribution is -0.141. The second-order valence-corrected chi connectivity index (χ2v) is 4.60. The molecule has 0 aliphatic carbocycles. The van der Waals surface area contributed by atoms with Gasteiger partial charge in [0.15, 0.2) is 0 Å². The molecule has 88 valence electrons. The van der Waals surface area contributed by atoms with Gasteiger partial charge in [-0.05, 0) is 19.1 Å². The molecular weight excluding hydrogens is 236 g/mol. The summed E-state index contributed by atoms with van der Waals surface area (Å²) in [6.07, 6.45) is 0. The van der Waals surface area contributed by atoms with Crippen LogP contribution in [0, 0.1) is 11.6 Å². The molecule has 0 amide bonds. The van der Waals surface area contributed by atoms with Gasteiger partial charge in [-0.1, -0.05) is 0 Å². The van der Waals surface area contributed by atoms with Gasteiger partial charge in [0.1, 0.15) is 17.2 Å². The summed E-state index contributed by atoms with van der Waals surface area (Å²) in [5.41, 5.74) is 4.03. The van der Waals surface area contributed by atoms with E-state index in [-0.39, 0.29) is 10.6 Å². The first-order valence-electron chi connectivity index (χ1n) is 4.43. The maximum Gasteiger partial charge on any atom is 0.324 e. The second kappa shape index (κ2) is 4.80. The summed E-state index contributed by atoms with van der Waals surface area (Å²) < 4.78 is 25.8. The zero-order valence-corrected chi connectivity index (χ0v) is 9.35. The topological polar surface area (TPSA) is 63.3 Å². The Kier molecular flexibility index (Phi) is 3.88. The molecule has 0 spiro atoms. The van der Waals surface area contributed by atoms with Crippen LogP contribution in [0.25, 0.3) is 0 Å². The van der Waals surface area contributed by atoms with E-state index in [1.165, 1.54) is 13.0 Å². The molecule has 16 heavy (non-hydrogen) atoms. The zero-order chi connectivity index (χ0) is 12.3. The molecule has 0 aromatic heterocycles. The molecule has 0 saturated heterocycles. The Morgan fingerprint density at radius 3 is 2.69 bits per heavy atom. The van der Waals surface area contributed by atoms with Crippen LogP contribution in [0.2, 0.25) is 0 Å². The van der Waals surface area contributed by atoms with Gasteiger partial charge < -0.3 is 10.8 Å². The van der Waals surface area contributed by atoms with Gasteiger partial charge >= 0.3 is 5.97 Å². The van der Waals surface area contributed by atoms with E-state index in [0.29, 0.717) is 0 Å². The summed E-state index contributed by atoms with van der Waals surface area (Å²) >= 11 is 0.944. The van der Waals surface area contributed by atoms with Crippen LogP contribution in [0.4, 0.5) is 8.78 Å². The fraction of sp³-hybridized carbons (Fsp3) is 0.300. The average Bonchev–Trinajstić information content (AvgIpc) is 2.16. The molecule has 0 heterocycles. The Balaban J connectivity index is 2.72. The minimum Gasteiger partial charge on any atom is -0.480 e. The Morgan fingerprint density at radius 1 is 1.56 bits per heavy atom. The van der Waals surface area contributed by atoms with Crippen LogP contribution in [-0.2, 0) is 4.79 Å². The molecule has 1 unspecified atom stereocenters. The standard InChI is InChI=1S/C10H11F2NO2S/c1-10(13,9(14)15)5-16-8-3-2-6(11)4-7(8)12/h2-4H,5,13H2,1H3,(H,14,15). The van der Waals surface area contributed by atoms with Gasteiger partial charge in [-0.15, -0.1) is 11.8 Å². The van der Waals surface area contributed by atoms with Crippen LogP contribution in [-0.4, -0.2) is 22.4 Å². The predicted molar refractivity (Wildman–Crippen MR) is 57.3 cm³/mol. The number of carboxylic acid groups (broad SMARTS) is 1. The van der Waals surface area contributed by atoms with E-state index in [9.17, 15) is 13.6 Å². The van der Waals surface area contributed by atoms with Crippen molar-refractivity contribution >= 4 is 17.7 Å².